The van der Waals surface area contributed by atoms with Crippen molar-refractivity contribution < 1.29 is 9.53 Å². The van der Waals surface area contributed by atoms with E-state index in [0.29, 0.717) is 12.5 Å². The van der Waals surface area contributed by atoms with E-state index >= 15 is 0 Å². The zero-order valence-corrected chi connectivity index (χ0v) is 11.4. The van der Waals surface area contributed by atoms with Gasteiger partial charge in [-0.05, 0) is 52.2 Å². The van der Waals surface area contributed by atoms with Crippen molar-refractivity contribution in [2.75, 3.05) is 32.7 Å². The third-order valence-electron chi connectivity index (χ3n) is 2.90. The molecule has 1 heterocycles. The Labute approximate surface area is 105 Å². The van der Waals surface area contributed by atoms with Gasteiger partial charge in [-0.25, -0.2) is 0 Å². The van der Waals surface area contributed by atoms with Crippen LogP contribution >= 0.6 is 0 Å². The average Bonchev–Trinajstić information content (AvgIpc) is 2.69. The molecule has 0 spiro atoms. The highest BCUT2D eigenvalue weighted by atomic mass is 16.5. The Morgan fingerprint density at radius 2 is 1.94 bits per heavy atom. The van der Waals surface area contributed by atoms with Crippen LogP contribution in [-0.2, 0) is 9.53 Å². The summed E-state index contributed by atoms with van der Waals surface area (Å²) in [6.07, 6.45) is 2.65. The normalized spacial score (nSPS) is 18.6. The van der Waals surface area contributed by atoms with Crippen molar-refractivity contribution in [1.82, 2.24) is 10.2 Å². The molecular weight excluding hydrogens is 216 g/mol. The fourth-order valence-corrected chi connectivity index (χ4v) is 2.20. The number of likely N-dealkylation sites (tertiary alicyclic amines) is 1. The highest BCUT2D eigenvalue weighted by Gasteiger charge is 2.14. The van der Waals surface area contributed by atoms with Gasteiger partial charge in [0.15, 0.2) is 0 Å². The van der Waals surface area contributed by atoms with Gasteiger partial charge in [0.05, 0.1) is 12.6 Å². The van der Waals surface area contributed by atoms with E-state index in [1.54, 1.807) is 0 Å². The lowest BCUT2D eigenvalue weighted by Crippen LogP contribution is -2.34. The van der Waals surface area contributed by atoms with Crippen LogP contribution in [0.1, 0.15) is 33.6 Å². The standard InChI is InChI=1S/C13H26N2O2/c1-11(2)17-13(16)9-14-8-12(3)10-15-6-4-5-7-15/h11-12,14H,4-10H2,1-3H3. The summed E-state index contributed by atoms with van der Waals surface area (Å²) in [5.74, 6) is 0.424. The van der Waals surface area contributed by atoms with Crippen molar-refractivity contribution >= 4 is 5.97 Å². The van der Waals surface area contributed by atoms with Gasteiger partial charge in [-0.15, -0.1) is 0 Å². The number of nitrogens with zero attached hydrogens (tertiary/aromatic N) is 1. The lowest BCUT2D eigenvalue weighted by molar-refractivity contribution is -0.146. The zero-order chi connectivity index (χ0) is 12.7. The predicted molar refractivity (Wildman–Crippen MR) is 68.9 cm³/mol. The number of esters is 1. The van der Waals surface area contributed by atoms with Crippen LogP contribution in [0.4, 0.5) is 0 Å². The molecule has 1 fully saturated rings. The summed E-state index contributed by atoms with van der Waals surface area (Å²) in [5, 5.41) is 3.16. The van der Waals surface area contributed by atoms with Gasteiger partial charge in [0.2, 0.25) is 0 Å². The lowest BCUT2D eigenvalue weighted by Gasteiger charge is -2.20. The monoisotopic (exact) mass is 242 g/mol. The van der Waals surface area contributed by atoms with Gasteiger partial charge in [-0.1, -0.05) is 6.92 Å². The fraction of sp³-hybridized carbons (Fsp3) is 0.923. The minimum absolute atomic E-state index is 0.0219. The highest BCUT2D eigenvalue weighted by Crippen LogP contribution is 2.09. The smallest absolute Gasteiger partial charge is 0.320 e. The maximum atomic E-state index is 11.3. The minimum atomic E-state index is -0.159. The molecule has 4 heteroatoms. The summed E-state index contributed by atoms with van der Waals surface area (Å²) in [5.41, 5.74) is 0. The molecule has 1 N–H and O–H groups in total. The molecule has 1 aliphatic heterocycles. The molecule has 0 aliphatic carbocycles. The lowest BCUT2D eigenvalue weighted by atomic mass is 10.1. The van der Waals surface area contributed by atoms with Gasteiger partial charge in [0.1, 0.15) is 0 Å². The molecule has 0 saturated carbocycles. The summed E-state index contributed by atoms with van der Waals surface area (Å²) < 4.78 is 5.05. The van der Waals surface area contributed by atoms with Gasteiger partial charge < -0.3 is 15.0 Å². The second-order valence-corrected chi connectivity index (χ2v) is 5.28. The maximum absolute atomic E-state index is 11.3. The molecule has 1 aliphatic rings. The van der Waals surface area contributed by atoms with Crippen LogP contribution in [0.15, 0.2) is 0 Å². The van der Waals surface area contributed by atoms with E-state index in [-0.39, 0.29) is 12.1 Å². The molecule has 1 saturated heterocycles. The Kier molecular flexibility index (Phi) is 6.52. The Morgan fingerprint density at radius 3 is 2.53 bits per heavy atom. The molecule has 100 valence electrons. The van der Waals surface area contributed by atoms with Crippen LogP contribution in [0, 0.1) is 5.92 Å². The highest BCUT2D eigenvalue weighted by molar-refractivity contribution is 5.71. The molecule has 1 atom stereocenters. The molecule has 0 amide bonds. The van der Waals surface area contributed by atoms with Gasteiger partial charge in [-0.2, -0.15) is 0 Å². The Morgan fingerprint density at radius 1 is 1.29 bits per heavy atom. The van der Waals surface area contributed by atoms with Gasteiger partial charge in [0.25, 0.3) is 0 Å². The van der Waals surface area contributed by atoms with Gasteiger partial charge in [0, 0.05) is 6.54 Å². The first-order chi connectivity index (χ1) is 8.08. The number of ether oxygens (including phenoxy) is 1. The molecule has 0 aromatic carbocycles. The minimum Gasteiger partial charge on any atom is -0.462 e. The maximum Gasteiger partial charge on any atom is 0.320 e. The molecule has 4 nitrogen and oxygen atoms in total. The van der Waals surface area contributed by atoms with Crippen molar-refractivity contribution in [1.29, 1.82) is 0 Å². The quantitative estimate of drug-likeness (QED) is 0.682. The Balaban J connectivity index is 2.03. The first-order valence-corrected chi connectivity index (χ1v) is 6.70. The fourth-order valence-electron chi connectivity index (χ4n) is 2.20. The van der Waals surface area contributed by atoms with E-state index in [1.165, 1.54) is 25.9 Å². The number of hydrogen-bond donors (Lipinski definition) is 1. The summed E-state index contributed by atoms with van der Waals surface area (Å²) >= 11 is 0. The zero-order valence-electron chi connectivity index (χ0n) is 11.4. The molecule has 0 aromatic rings. The van der Waals surface area contributed by atoms with Crippen LogP contribution in [0.3, 0.4) is 0 Å². The molecule has 1 rings (SSSR count). The molecule has 1 unspecified atom stereocenters. The average molecular weight is 242 g/mol. The molecule has 0 bridgehead atoms. The third-order valence-corrected chi connectivity index (χ3v) is 2.90. The second kappa shape index (κ2) is 7.67. The van der Waals surface area contributed by atoms with Crippen LogP contribution in [0.5, 0.6) is 0 Å². The van der Waals surface area contributed by atoms with E-state index in [0.717, 1.165) is 13.1 Å². The van der Waals surface area contributed by atoms with Crippen LogP contribution in [-0.4, -0.2) is 49.7 Å². The summed E-state index contributed by atoms with van der Waals surface area (Å²) in [7, 11) is 0. The summed E-state index contributed by atoms with van der Waals surface area (Å²) in [6, 6.07) is 0. The van der Waals surface area contributed by atoms with Gasteiger partial charge >= 0.3 is 5.97 Å². The van der Waals surface area contributed by atoms with E-state index < -0.39 is 0 Å². The van der Waals surface area contributed by atoms with E-state index in [9.17, 15) is 4.79 Å². The first-order valence-electron chi connectivity index (χ1n) is 6.70. The molecule has 0 radical (unpaired) electrons. The van der Waals surface area contributed by atoms with Crippen LogP contribution in [0.25, 0.3) is 0 Å². The van der Waals surface area contributed by atoms with E-state index in [2.05, 4.69) is 17.1 Å². The van der Waals surface area contributed by atoms with Crippen molar-refractivity contribution in [3.8, 4) is 0 Å². The van der Waals surface area contributed by atoms with Gasteiger partial charge in [-0.3, -0.25) is 4.79 Å². The van der Waals surface area contributed by atoms with Crippen LogP contribution < -0.4 is 5.32 Å². The topological polar surface area (TPSA) is 41.6 Å². The SMILES string of the molecule is CC(CNCC(=O)OC(C)C)CN1CCCC1. The van der Waals surface area contributed by atoms with E-state index in [1.807, 2.05) is 13.8 Å². The van der Waals surface area contributed by atoms with Crippen molar-refractivity contribution in [3.05, 3.63) is 0 Å². The summed E-state index contributed by atoms with van der Waals surface area (Å²) in [4.78, 5) is 13.8. The number of carbonyl (C=O) groups is 1. The predicted octanol–water partition coefficient (Wildman–Crippen LogP) is 1.26. The second-order valence-electron chi connectivity index (χ2n) is 5.28. The number of carbonyl (C=O) groups excluding carboxylic acids is 1. The van der Waals surface area contributed by atoms with Crippen molar-refractivity contribution in [2.24, 2.45) is 5.92 Å². The molecular formula is C13H26N2O2. The van der Waals surface area contributed by atoms with Crippen LogP contribution in [0.2, 0.25) is 0 Å². The summed E-state index contributed by atoms with van der Waals surface area (Å²) in [6.45, 7) is 10.8. The largest absolute Gasteiger partial charge is 0.462 e. The number of rotatable bonds is 7. The number of nitrogens with one attached hydrogen (secondary N) is 1. The van der Waals surface area contributed by atoms with E-state index in [4.69, 9.17) is 4.74 Å². The Hall–Kier alpha value is -0.610. The number of hydrogen-bond acceptors (Lipinski definition) is 4. The Bertz CT molecular complexity index is 225. The van der Waals surface area contributed by atoms with Crippen molar-refractivity contribution in [2.45, 2.75) is 39.7 Å². The first kappa shape index (κ1) is 14.5. The third kappa shape index (κ3) is 6.64. The molecule has 17 heavy (non-hydrogen) atoms. The van der Waals surface area contributed by atoms with Crippen molar-refractivity contribution in [3.63, 3.8) is 0 Å². The molecule has 0 aromatic heterocycles.